The van der Waals surface area contributed by atoms with Gasteiger partial charge >= 0.3 is 0 Å². The van der Waals surface area contributed by atoms with E-state index in [2.05, 4.69) is 37.9 Å². The van der Waals surface area contributed by atoms with Gasteiger partial charge in [-0.15, -0.1) is 0 Å². The molecule has 0 aliphatic carbocycles. The highest BCUT2D eigenvalue weighted by Crippen LogP contribution is 2.20. The number of piperazine rings is 1. The molecule has 0 amide bonds. The second kappa shape index (κ2) is 6.10. The van der Waals surface area contributed by atoms with Gasteiger partial charge in [0.05, 0.1) is 11.0 Å². The maximum absolute atomic E-state index is 12.0. The van der Waals surface area contributed by atoms with Crippen molar-refractivity contribution in [3.05, 3.63) is 0 Å². The van der Waals surface area contributed by atoms with Crippen LogP contribution in [0.5, 0.6) is 0 Å². The van der Waals surface area contributed by atoms with Gasteiger partial charge in [0, 0.05) is 31.2 Å². The molecule has 1 atom stereocenters. The van der Waals surface area contributed by atoms with Crippen LogP contribution >= 0.6 is 0 Å². The van der Waals surface area contributed by atoms with Gasteiger partial charge in [0.15, 0.2) is 9.84 Å². The summed E-state index contributed by atoms with van der Waals surface area (Å²) >= 11 is 0. The van der Waals surface area contributed by atoms with Crippen LogP contribution in [0.3, 0.4) is 0 Å². The van der Waals surface area contributed by atoms with Crippen LogP contribution in [0.15, 0.2) is 0 Å². The highest BCUT2D eigenvalue weighted by Gasteiger charge is 2.34. The van der Waals surface area contributed by atoms with Crippen molar-refractivity contribution in [3.63, 3.8) is 0 Å². The molecule has 0 saturated carbocycles. The van der Waals surface area contributed by atoms with Crippen molar-refractivity contribution in [1.82, 2.24) is 10.2 Å². The lowest BCUT2D eigenvalue weighted by Gasteiger charge is -2.46. The molecule has 0 aromatic heterocycles. The average molecular weight is 290 g/mol. The molecule has 4 nitrogen and oxygen atoms in total. The zero-order chi connectivity index (χ0) is 14.8. The van der Waals surface area contributed by atoms with Crippen LogP contribution in [-0.2, 0) is 9.84 Å². The Hall–Kier alpha value is -0.130. The van der Waals surface area contributed by atoms with Gasteiger partial charge in [-0.1, -0.05) is 13.8 Å². The molecule has 1 aliphatic heterocycles. The highest BCUT2D eigenvalue weighted by molar-refractivity contribution is 7.92. The van der Waals surface area contributed by atoms with Crippen molar-refractivity contribution in [2.24, 2.45) is 5.92 Å². The van der Waals surface area contributed by atoms with Crippen LogP contribution in [0.2, 0.25) is 0 Å². The van der Waals surface area contributed by atoms with E-state index in [1.807, 2.05) is 0 Å². The lowest BCUT2D eigenvalue weighted by Crippen LogP contribution is -2.63. The molecule has 1 fully saturated rings. The Labute approximate surface area is 118 Å². The number of hydrogen-bond donors (Lipinski definition) is 1. The standard InChI is InChI=1S/C14H30N2O2S/c1-11(2)13-9-15-14(5,6)10-16(13)7-8-19(17,18)12(3)4/h11-13,15H,7-10H2,1-6H3. The predicted molar refractivity (Wildman–Crippen MR) is 81.2 cm³/mol. The molecule has 19 heavy (non-hydrogen) atoms. The van der Waals surface area contributed by atoms with Crippen LogP contribution in [0.1, 0.15) is 41.5 Å². The fourth-order valence-corrected chi connectivity index (χ4v) is 3.53. The molecule has 0 aromatic carbocycles. The number of sulfone groups is 1. The predicted octanol–water partition coefficient (Wildman–Crippen LogP) is 1.52. The zero-order valence-corrected chi connectivity index (χ0v) is 14.0. The van der Waals surface area contributed by atoms with Crippen LogP contribution in [-0.4, -0.2) is 55.5 Å². The summed E-state index contributed by atoms with van der Waals surface area (Å²) in [5.41, 5.74) is 0.0625. The molecular formula is C14H30N2O2S. The summed E-state index contributed by atoms with van der Waals surface area (Å²) in [4.78, 5) is 2.35. The zero-order valence-electron chi connectivity index (χ0n) is 13.2. The normalized spacial score (nSPS) is 25.2. The van der Waals surface area contributed by atoms with E-state index in [1.54, 1.807) is 13.8 Å². The minimum Gasteiger partial charge on any atom is -0.309 e. The van der Waals surface area contributed by atoms with Gasteiger partial charge < -0.3 is 5.32 Å². The smallest absolute Gasteiger partial charge is 0.153 e. The van der Waals surface area contributed by atoms with Gasteiger partial charge in [-0.25, -0.2) is 8.42 Å². The molecule has 1 unspecified atom stereocenters. The van der Waals surface area contributed by atoms with Crippen LogP contribution in [0, 0.1) is 5.92 Å². The Morgan fingerprint density at radius 1 is 1.26 bits per heavy atom. The summed E-state index contributed by atoms with van der Waals surface area (Å²) < 4.78 is 23.9. The summed E-state index contributed by atoms with van der Waals surface area (Å²) in [6.45, 7) is 14.8. The van der Waals surface area contributed by atoms with Gasteiger partial charge in [-0.2, -0.15) is 0 Å². The van der Waals surface area contributed by atoms with E-state index in [4.69, 9.17) is 0 Å². The van der Waals surface area contributed by atoms with Gasteiger partial charge in [-0.05, 0) is 33.6 Å². The van der Waals surface area contributed by atoms with E-state index in [0.29, 0.717) is 18.5 Å². The fourth-order valence-electron chi connectivity index (χ4n) is 2.57. The first-order chi connectivity index (χ1) is 8.55. The molecule has 1 rings (SSSR count). The van der Waals surface area contributed by atoms with E-state index >= 15 is 0 Å². The third kappa shape index (κ3) is 4.72. The number of nitrogens with zero attached hydrogens (tertiary/aromatic N) is 1. The molecule has 5 heteroatoms. The van der Waals surface area contributed by atoms with Crippen LogP contribution in [0.4, 0.5) is 0 Å². The highest BCUT2D eigenvalue weighted by atomic mass is 32.2. The molecule has 0 radical (unpaired) electrons. The van der Waals surface area contributed by atoms with E-state index in [-0.39, 0.29) is 16.5 Å². The van der Waals surface area contributed by atoms with Crippen LogP contribution in [0.25, 0.3) is 0 Å². The minimum atomic E-state index is -2.95. The summed E-state index contributed by atoms with van der Waals surface area (Å²) in [6.07, 6.45) is 0. The topological polar surface area (TPSA) is 49.4 Å². The van der Waals surface area contributed by atoms with Crippen molar-refractivity contribution in [2.75, 3.05) is 25.4 Å². The summed E-state index contributed by atoms with van der Waals surface area (Å²) in [7, 11) is -2.95. The molecule has 1 aliphatic rings. The Bertz CT molecular complexity index is 388. The van der Waals surface area contributed by atoms with E-state index in [0.717, 1.165) is 13.1 Å². The Kier molecular flexibility index (Phi) is 5.43. The first-order valence-electron chi connectivity index (χ1n) is 7.26. The largest absolute Gasteiger partial charge is 0.309 e. The van der Waals surface area contributed by atoms with Gasteiger partial charge in [-0.3, -0.25) is 4.90 Å². The van der Waals surface area contributed by atoms with E-state index in [9.17, 15) is 8.42 Å². The molecule has 0 aromatic rings. The minimum absolute atomic E-state index is 0.0625. The van der Waals surface area contributed by atoms with E-state index in [1.165, 1.54) is 0 Å². The van der Waals surface area contributed by atoms with Crippen molar-refractivity contribution in [2.45, 2.75) is 58.4 Å². The summed E-state index contributed by atoms with van der Waals surface area (Å²) in [5, 5.41) is 3.27. The maximum Gasteiger partial charge on any atom is 0.153 e. The van der Waals surface area contributed by atoms with Crippen molar-refractivity contribution >= 4 is 9.84 Å². The number of nitrogens with one attached hydrogen (secondary N) is 1. The van der Waals surface area contributed by atoms with Crippen molar-refractivity contribution in [1.29, 1.82) is 0 Å². The lowest BCUT2D eigenvalue weighted by molar-refractivity contribution is 0.0752. The second-order valence-corrected chi connectivity index (χ2v) is 9.64. The molecule has 0 bridgehead atoms. The van der Waals surface area contributed by atoms with Crippen LogP contribution < -0.4 is 5.32 Å². The Morgan fingerprint density at radius 2 is 1.84 bits per heavy atom. The monoisotopic (exact) mass is 290 g/mol. The SMILES string of the molecule is CC(C)C1CNC(C)(C)CN1CCS(=O)(=O)C(C)C. The average Bonchev–Trinajstić information content (AvgIpc) is 2.24. The Morgan fingerprint density at radius 3 is 2.32 bits per heavy atom. The first kappa shape index (κ1) is 16.9. The van der Waals surface area contributed by atoms with Crippen molar-refractivity contribution < 1.29 is 8.42 Å². The second-order valence-electron chi connectivity index (χ2n) is 6.96. The fraction of sp³-hybridized carbons (Fsp3) is 1.00. The molecule has 114 valence electrons. The first-order valence-corrected chi connectivity index (χ1v) is 8.97. The molecule has 1 N–H and O–H groups in total. The molecule has 1 heterocycles. The quantitative estimate of drug-likeness (QED) is 0.834. The third-order valence-corrected chi connectivity index (χ3v) is 6.20. The van der Waals surface area contributed by atoms with Gasteiger partial charge in [0.25, 0.3) is 0 Å². The van der Waals surface area contributed by atoms with E-state index < -0.39 is 9.84 Å². The molecular weight excluding hydrogens is 260 g/mol. The summed E-state index contributed by atoms with van der Waals surface area (Å²) in [5.74, 6) is 0.801. The Balaban J connectivity index is 2.71. The molecule has 0 spiro atoms. The van der Waals surface area contributed by atoms with Gasteiger partial charge in [0.1, 0.15) is 0 Å². The maximum atomic E-state index is 12.0. The van der Waals surface area contributed by atoms with Crippen molar-refractivity contribution in [3.8, 4) is 0 Å². The van der Waals surface area contributed by atoms with Gasteiger partial charge in [0.2, 0.25) is 0 Å². The molecule has 1 saturated heterocycles. The number of hydrogen-bond acceptors (Lipinski definition) is 4. The lowest BCUT2D eigenvalue weighted by atomic mass is 9.93. The third-order valence-electron chi connectivity index (χ3n) is 4.01. The summed E-state index contributed by atoms with van der Waals surface area (Å²) in [6, 6.07) is 0.426. The number of rotatable bonds is 5.